The zero-order chi connectivity index (χ0) is 9.68. The Bertz CT molecular complexity index is 284. The number of benzene rings is 1. The van der Waals surface area contributed by atoms with Crippen LogP contribution in [0.25, 0.3) is 0 Å². The smallest absolute Gasteiger partial charge is 0.410 e. The highest BCUT2D eigenvalue weighted by Crippen LogP contribution is 2.15. The first kappa shape index (κ1) is 10.1. The molecule has 0 aliphatic carbocycles. The monoisotopic (exact) mass is 243 g/mol. The Kier molecular flexibility index (Phi) is 3.76. The predicted molar refractivity (Wildman–Crippen MR) is 53.8 cm³/mol. The Labute approximate surface area is 85.2 Å². The van der Waals surface area contributed by atoms with E-state index in [1.54, 1.807) is 12.1 Å². The van der Waals surface area contributed by atoms with Gasteiger partial charge in [-0.1, -0.05) is 15.9 Å². The SMILES string of the molecule is CCNC(=O)Oc1ccc(Br)cc1. The maximum Gasteiger partial charge on any atom is 0.412 e. The molecule has 0 atom stereocenters. The summed E-state index contributed by atoms with van der Waals surface area (Å²) in [6.07, 6.45) is -0.426. The molecule has 4 heteroatoms. The molecule has 0 heterocycles. The maximum absolute atomic E-state index is 11.0. The summed E-state index contributed by atoms with van der Waals surface area (Å²) in [5, 5.41) is 2.54. The van der Waals surface area contributed by atoms with Gasteiger partial charge < -0.3 is 10.1 Å². The maximum atomic E-state index is 11.0. The van der Waals surface area contributed by atoms with E-state index in [0.29, 0.717) is 12.3 Å². The van der Waals surface area contributed by atoms with Crippen LogP contribution in [0.3, 0.4) is 0 Å². The third kappa shape index (κ3) is 3.46. The van der Waals surface area contributed by atoms with E-state index in [1.165, 1.54) is 0 Å². The summed E-state index contributed by atoms with van der Waals surface area (Å²) in [7, 11) is 0. The van der Waals surface area contributed by atoms with Crippen LogP contribution >= 0.6 is 15.9 Å². The van der Waals surface area contributed by atoms with Gasteiger partial charge in [-0.05, 0) is 31.2 Å². The van der Waals surface area contributed by atoms with Crippen molar-refractivity contribution in [1.82, 2.24) is 5.32 Å². The quantitative estimate of drug-likeness (QED) is 0.868. The van der Waals surface area contributed by atoms with Crippen molar-refractivity contribution < 1.29 is 9.53 Å². The second kappa shape index (κ2) is 4.87. The zero-order valence-electron chi connectivity index (χ0n) is 7.21. The fraction of sp³-hybridized carbons (Fsp3) is 0.222. The van der Waals surface area contributed by atoms with E-state index in [4.69, 9.17) is 4.74 Å². The van der Waals surface area contributed by atoms with Gasteiger partial charge in [0.25, 0.3) is 0 Å². The number of halogens is 1. The van der Waals surface area contributed by atoms with E-state index in [-0.39, 0.29) is 0 Å². The van der Waals surface area contributed by atoms with E-state index < -0.39 is 6.09 Å². The van der Waals surface area contributed by atoms with Crippen molar-refractivity contribution in [3.63, 3.8) is 0 Å². The number of hydrogen-bond acceptors (Lipinski definition) is 2. The minimum atomic E-state index is -0.426. The summed E-state index contributed by atoms with van der Waals surface area (Å²) < 4.78 is 5.89. The normalized spacial score (nSPS) is 9.38. The van der Waals surface area contributed by atoms with Crippen LogP contribution in [-0.4, -0.2) is 12.6 Å². The molecular formula is C9H10BrNO2. The molecule has 0 aliphatic rings. The highest BCUT2D eigenvalue weighted by atomic mass is 79.9. The molecule has 0 aliphatic heterocycles. The summed E-state index contributed by atoms with van der Waals surface area (Å²) in [5.74, 6) is 0.536. The van der Waals surface area contributed by atoms with Gasteiger partial charge in [0.15, 0.2) is 0 Å². The van der Waals surface area contributed by atoms with Crippen molar-refractivity contribution in [1.29, 1.82) is 0 Å². The fourth-order valence-electron chi connectivity index (χ4n) is 0.790. The minimum absolute atomic E-state index is 0.426. The van der Waals surface area contributed by atoms with Crippen LogP contribution in [0.15, 0.2) is 28.7 Å². The van der Waals surface area contributed by atoms with Crippen molar-refractivity contribution in [3.8, 4) is 5.75 Å². The Balaban J connectivity index is 2.54. The lowest BCUT2D eigenvalue weighted by Gasteiger charge is -2.03. The number of rotatable bonds is 2. The van der Waals surface area contributed by atoms with Crippen molar-refractivity contribution in [2.75, 3.05) is 6.54 Å². The van der Waals surface area contributed by atoms with Gasteiger partial charge in [0, 0.05) is 11.0 Å². The Morgan fingerprint density at radius 3 is 2.62 bits per heavy atom. The van der Waals surface area contributed by atoms with E-state index >= 15 is 0 Å². The minimum Gasteiger partial charge on any atom is -0.410 e. The van der Waals surface area contributed by atoms with Crippen LogP contribution in [0.2, 0.25) is 0 Å². The van der Waals surface area contributed by atoms with Crippen molar-refractivity contribution >= 4 is 22.0 Å². The number of amides is 1. The third-order valence-corrected chi connectivity index (χ3v) is 1.87. The average molecular weight is 244 g/mol. The number of hydrogen-bond donors (Lipinski definition) is 1. The lowest BCUT2D eigenvalue weighted by Crippen LogP contribution is -2.26. The molecule has 0 fully saturated rings. The lowest BCUT2D eigenvalue weighted by molar-refractivity contribution is 0.201. The van der Waals surface area contributed by atoms with Crippen molar-refractivity contribution in [2.24, 2.45) is 0 Å². The number of nitrogens with one attached hydrogen (secondary N) is 1. The molecule has 1 aromatic rings. The van der Waals surface area contributed by atoms with Gasteiger partial charge in [-0.3, -0.25) is 0 Å². The van der Waals surface area contributed by atoms with Gasteiger partial charge in [0.2, 0.25) is 0 Å². The summed E-state index contributed by atoms with van der Waals surface area (Å²) in [6, 6.07) is 7.07. The van der Waals surface area contributed by atoms with Gasteiger partial charge in [-0.15, -0.1) is 0 Å². The van der Waals surface area contributed by atoms with Crippen molar-refractivity contribution in [3.05, 3.63) is 28.7 Å². The van der Waals surface area contributed by atoms with E-state index in [2.05, 4.69) is 21.2 Å². The first-order chi connectivity index (χ1) is 6.22. The highest BCUT2D eigenvalue weighted by molar-refractivity contribution is 9.10. The van der Waals surface area contributed by atoms with E-state index in [1.807, 2.05) is 19.1 Å². The van der Waals surface area contributed by atoms with Crippen molar-refractivity contribution in [2.45, 2.75) is 6.92 Å². The van der Waals surface area contributed by atoms with Gasteiger partial charge in [-0.2, -0.15) is 0 Å². The largest absolute Gasteiger partial charge is 0.412 e. The van der Waals surface area contributed by atoms with Gasteiger partial charge >= 0.3 is 6.09 Å². The zero-order valence-corrected chi connectivity index (χ0v) is 8.80. The topological polar surface area (TPSA) is 38.3 Å². The number of carbonyl (C=O) groups is 1. The second-order valence-electron chi connectivity index (χ2n) is 2.37. The number of carbonyl (C=O) groups excluding carboxylic acids is 1. The Morgan fingerprint density at radius 2 is 2.08 bits per heavy atom. The molecule has 0 aromatic heterocycles. The van der Waals surface area contributed by atoms with Crippen LogP contribution in [0.1, 0.15) is 6.92 Å². The summed E-state index contributed by atoms with van der Waals surface area (Å²) in [4.78, 5) is 11.0. The van der Waals surface area contributed by atoms with Crippen LogP contribution in [0, 0.1) is 0 Å². The fourth-order valence-corrected chi connectivity index (χ4v) is 1.05. The van der Waals surface area contributed by atoms with Gasteiger partial charge in [-0.25, -0.2) is 4.79 Å². The predicted octanol–water partition coefficient (Wildman–Crippen LogP) is 2.56. The molecule has 3 nitrogen and oxygen atoms in total. The summed E-state index contributed by atoms with van der Waals surface area (Å²) >= 11 is 3.29. The highest BCUT2D eigenvalue weighted by Gasteiger charge is 2.00. The first-order valence-corrected chi connectivity index (χ1v) is 4.73. The molecule has 0 saturated heterocycles. The Hall–Kier alpha value is -1.03. The second-order valence-corrected chi connectivity index (χ2v) is 3.29. The van der Waals surface area contributed by atoms with Crippen LogP contribution in [0.4, 0.5) is 4.79 Å². The molecule has 0 unspecified atom stereocenters. The van der Waals surface area contributed by atoms with Gasteiger partial charge in [0.1, 0.15) is 5.75 Å². The molecule has 13 heavy (non-hydrogen) atoms. The van der Waals surface area contributed by atoms with Crippen LogP contribution < -0.4 is 10.1 Å². The molecule has 70 valence electrons. The molecule has 1 N–H and O–H groups in total. The molecule has 1 aromatic carbocycles. The van der Waals surface area contributed by atoms with E-state index in [0.717, 1.165) is 4.47 Å². The third-order valence-electron chi connectivity index (χ3n) is 1.35. The molecular weight excluding hydrogens is 234 g/mol. The lowest BCUT2D eigenvalue weighted by atomic mass is 10.3. The van der Waals surface area contributed by atoms with Crippen LogP contribution in [-0.2, 0) is 0 Å². The molecule has 0 radical (unpaired) electrons. The van der Waals surface area contributed by atoms with Gasteiger partial charge in [0.05, 0.1) is 0 Å². The Morgan fingerprint density at radius 1 is 1.46 bits per heavy atom. The molecule has 1 rings (SSSR count). The standard InChI is InChI=1S/C9H10BrNO2/c1-2-11-9(12)13-8-5-3-7(10)4-6-8/h3-6H,2H2,1H3,(H,11,12). The molecule has 0 saturated carbocycles. The number of ether oxygens (including phenoxy) is 1. The summed E-state index contributed by atoms with van der Waals surface area (Å²) in [6.45, 7) is 2.40. The summed E-state index contributed by atoms with van der Waals surface area (Å²) in [5.41, 5.74) is 0. The molecule has 0 spiro atoms. The van der Waals surface area contributed by atoms with Crippen LogP contribution in [0.5, 0.6) is 5.75 Å². The first-order valence-electron chi connectivity index (χ1n) is 3.93. The average Bonchev–Trinajstić information content (AvgIpc) is 2.09. The van der Waals surface area contributed by atoms with E-state index in [9.17, 15) is 4.79 Å². The molecule has 1 amide bonds. The molecule has 0 bridgehead atoms.